The molecule has 0 fully saturated rings. The van der Waals surface area contributed by atoms with Crippen molar-refractivity contribution >= 4 is 11.6 Å². The number of carbonyl (C=O) groups is 1. The molecule has 0 aliphatic heterocycles. The zero-order valence-electron chi connectivity index (χ0n) is 12.8. The lowest BCUT2D eigenvalue weighted by molar-refractivity contribution is 0.0919. The highest BCUT2D eigenvalue weighted by molar-refractivity contribution is 5.96. The predicted octanol–water partition coefficient (Wildman–Crippen LogP) is 2.11. The van der Waals surface area contributed by atoms with Crippen LogP contribution in [0.1, 0.15) is 29.8 Å². The number of benzene rings is 1. The molecule has 0 aromatic heterocycles. The van der Waals surface area contributed by atoms with Gasteiger partial charge in [0.25, 0.3) is 5.91 Å². The average Bonchev–Trinajstić information content (AvgIpc) is 2.35. The van der Waals surface area contributed by atoms with E-state index in [0.29, 0.717) is 6.54 Å². The Bertz CT molecular complexity index is 453. The third-order valence-electron chi connectivity index (χ3n) is 3.65. The van der Waals surface area contributed by atoms with Gasteiger partial charge in [0.1, 0.15) is 0 Å². The van der Waals surface area contributed by atoms with Gasteiger partial charge < -0.3 is 15.5 Å². The van der Waals surface area contributed by atoms with E-state index in [1.165, 1.54) is 0 Å². The standard InChI is InChI=1S/C15H25N3O/c1-11-9-12(16-4)7-8-13(11)14(19)17-10-15(2,3)18(5)6/h7-9,16H,10H2,1-6H3,(H,17,19). The van der Waals surface area contributed by atoms with E-state index in [1.807, 2.05) is 46.3 Å². The molecule has 19 heavy (non-hydrogen) atoms. The maximum absolute atomic E-state index is 12.2. The summed E-state index contributed by atoms with van der Waals surface area (Å²) in [6.45, 7) is 6.77. The van der Waals surface area contributed by atoms with E-state index in [9.17, 15) is 4.79 Å². The van der Waals surface area contributed by atoms with E-state index < -0.39 is 0 Å². The number of amides is 1. The topological polar surface area (TPSA) is 44.4 Å². The molecule has 2 N–H and O–H groups in total. The summed E-state index contributed by atoms with van der Waals surface area (Å²) >= 11 is 0. The van der Waals surface area contributed by atoms with Crippen LogP contribution in [-0.2, 0) is 0 Å². The minimum Gasteiger partial charge on any atom is -0.388 e. The SMILES string of the molecule is CNc1ccc(C(=O)NCC(C)(C)N(C)C)c(C)c1. The second-order valence-electron chi connectivity index (χ2n) is 5.67. The van der Waals surface area contributed by atoms with Gasteiger partial charge in [-0.1, -0.05) is 0 Å². The van der Waals surface area contributed by atoms with Gasteiger partial charge in [0, 0.05) is 30.4 Å². The normalized spacial score (nSPS) is 11.5. The molecule has 0 aliphatic carbocycles. The van der Waals surface area contributed by atoms with E-state index in [2.05, 4.69) is 29.4 Å². The summed E-state index contributed by atoms with van der Waals surface area (Å²) < 4.78 is 0. The van der Waals surface area contributed by atoms with Crippen LogP contribution >= 0.6 is 0 Å². The molecule has 4 nitrogen and oxygen atoms in total. The maximum Gasteiger partial charge on any atom is 0.251 e. The molecule has 0 saturated carbocycles. The molecular weight excluding hydrogens is 238 g/mol. The van der Waals surface area contributed by atoms with Gasteiger partial charge >= 0.3 is 0 Å². The van der Waals surface area contributed by atoms with Gasteiger partial charge in [-0.25, -0.2) is 0 Å². The fraction of sp³-hybridized carbons (Fsp3) is 0.533. The fourth-order valence-electron chi connectivity index (χ4n) is 1.62. The van der Waals surface area contributed by atoms with Gasteiger partial charge in [0.05, 0.1) is 0 Å². The summed E-state index contributed by atoms with van der Waals surface area (Å²) in [5.41, 5.74) is 2.66. The number of likely N-dealkylation sites (N-methyl/N-ethyl adjacent to an activating group) is 1. The number of hydrogen-bond acceptors (Lipinski definition) is 3. The van der Waals surface area contributed by atoms with E-state index >= 15 is 0 Å². The zero-order chi connectivity index (χ0) is 14.6. The summed E-state index contributed by atoms with van der Waals surface area (Å²) in [6, 6.07) is 5.75. The van der Waals surface area contributed by atoms with Crippen LogP contribution in [0.15, 0.2) is 18.2 Å². The van der Waals surface area contributed by atoms with Crippen molar-refractivity contribution in [3.05, 3.63) is 29.3 Å². The largest absolute Gasteiger partial charge is 0.388 e. The predicted molar refractivity (Wildman–Crippen MR) is 80.8 cm³/mol. The van der Waals surface area contributed by atoms with Crippen molar-refractivity contribution in [3.8, 4) is 0 Å². The highest BCUT2D eigenvalue weighted by atomic mass is 16.1. The van der Waals surface area contributed by atoms with Gasteiger partial charge in [0.15, 0.2) is 0 Å². The van der Waals surface area contributed by atoms with E-state index in [1.54, 1.807) is 0 Å². The lowest BCUT2D eigenvalue weighted by Gasteiger charge is -2.32. The number of anilines is 1. The second kappa shape index (κ2) is 6.06. The van der Waals surface area contributed by atoms with Gasteiger partial charge in [-0.3, -0.25) is 4.79 Å². The van der Waals surface area contributed by atoms with Crippen LogP contribution in [0.25, 0.3) is 0 Å². The number of nitrogens with zero attached hydrogens (tertiary/aromatic N) is 1. The lowest BCUT2D eigenvalue weighted by Crippen LogP contribution is -2.48. The quantitative estimate of drug-likeness (QED) is 0.855. The summed E-state index contributed by atoms with van der Waals surface area (Å²) in [7, 11) is 5.90. The van der Waals surface area contributed by atoms with Crippen molar-refractivity contribution in [2.75, 3.05) is 33.0 Å². The Labute approximate surface area is 116 Å². The summed E-state index contributed by atoms with van der Waals surface area (Å²) in [5.74, 6) is -0.0184. The zero-order valence-corrected chi connectivity index (χ0v) is 12.8. The highest BCUT2D eigenvalue weighted by Crippen LogP contribution is 2.15. The molecule has 0 heterocycles. The Morgan fingerprint density at radius 3 is 2.42 bits per heavy atom. The number of rotatable bonds is 5. The molecule has 1 rings (SSSR count). The highest BCUT2D eigenvalue weighted by Gasteiger charge is 2.21. The molecule has 1 aromatic rings. The third kappa shape index (κ3) is 3.96. The minimum atomic E-state index is -0.0610. The van der Waals surface area contributed by atoms with Gasteiger partial charge in [-0.2, -0.15) is 0 Å². The van der Waals surface area contributed by atoms with Gasteiger partial charge in [0.2, 0.25) is 0 Å². The first kappa shape index (κ1) is 15.5. The first-order chi connectivity index (χ1) is 8.77. The van der Waals surface area contributed by atoms with Crippen LogP contribution in [0, 0.1) is 6.92 Å². The average molecular weight is 263 g/mol. The molecule has 0 atom stereocenters. The van der Waals surface area contributed by atoms with Gasteiger partial charge in [-0.05, 0) is 58.6 Å². The molecule has 0 bridgehead atoms. The van der Waals surface area contributed by atoms with Crippen molar-refractivity contribution in [3.63, 3.8) is 0 Å². The summed E-state index contributed by atoms with van der Waals surface area (Å²) in [4.78, 5) is 14.3. The molecule has 0 aliphatic rings. The van der Waals surface area contributed by atoms with Crippen LogP contribution in [0.5, 0.6) is 0 Å². The molecule has 0 spiro atoms. The fourth-order valence-corrected chi connectivity index (χ4v) is 1.62. The van der Waals surface area contributed by atoms with Crippen molar-refractivity contribution in [1.82, 2.24) is 10.2 Å². The summed E-state index contributed by atoms with van der Waals surface area (Å²) in [6.07, 6.45) is 0. The maximum atomic E-state index is 12.2. The minimum absolute atomic E-state index is 0.0184. The van der Waals surface area contributed by atoms with E-state index in [4.69, 9.17) is 0 Å². The number of aryl methyl sites for hydroxylation is 1. The summed E-state index contributed by atoms with van der Waals surface area (Å²) in [5, 5.41) is 6.06. The van der Waals surface area contributed by atoms with E-state index in [-0.39, 0.29) is 11.4 Å². The first-order valence-electron chi connectivity index (χ1n) is 6.52. The van der Waals surface area contributed by atoms with E-state index in [0.717, 1.165) is 16.8 Å². The van der Waals surface area contributed by atoms with Crippen LogP contribution in [-0.4, -0.2) is 44.0 Å². The number of nitrogens with one attached hydrogen (secondary N) is 2. The van der Waals surface area contributed by atoms with Crippen LogP contribution in [0.3, 0.4) is 0 Å². The molecule has 106 valence electrons. The molecule has 0 unspecified atom stereocenters. The molecule has 4 heteroatoms. The smallest absolute Gasteiger partial charge is 0.251 e. The Balaban J connectivity index is 2.74. The Hall–Kier alpha value is -1.55. The lowest BCUT2D eigenvalue weighted by atomic mass is 10.0. The third-order valence-corrected chi connectivity index (χ3v) is 3.65. The first-order valence-corrected chi connectivity index (χ1v) is 6.52. The second-order valence-corrected chi connectivity index (χ2v) is 5.67. The van der Waals surface area contributed by atoms with Crippen molar-refractivity contribution in [2.24, 2.45) is 0 Å². The van der Waals surface area contributed by atoms with Crippen LogP contribution in [0.4, 0.5) is 5.69 Å². The van der Waals surface area contributed by atoms with Crippen LogP contribution in [0.2, 0.25) is 0 Å². The number of carbonyl (C=O) groups excluding carboxylic acids is 1. The Morgan fingerprint density at radius 1 is 1.32 bits per heavy atom. The molecule has 0 radical (unpaired) electrons. The van der Waals surface area contributed by atoms with Crippen LogP contribution < -0.4 is 10.6 Å². The molecule has 1 aromatic carbocycles. The van der Waals surface area contributed by atoms with Gasteiger partial charge in [-0.15, -0.1) is 0 Å². The van der Waals surface area contributed by atoms with Crippen molar-refractivity contribution in [1.29, 1.82) is 0 Å². The monoisotopic (exact) mass is 263 g/mol. The van der Waals surface area contributed by atoms with Crippen molar-refractivity contribution < 1.29 is 4.79 Å². The van der Waals surface area contributed by atoms with Crippen molar-refractivity contribution in [2.45, 2.75) is 26.3 Å². The number of hydrogen-bond donors (Lipinski definition) is 2. The Kier molecular flexibility index (Phi) is 4.95. The molecule has 0 saturated heterocycles. The molecule has 1 amide bonds. The Morgan fingerprint density at radius 2 is 1.95 bits per heavy atom. The molecular formula is C15H25N3O.